The largest absolute Gasteiger partial charge is 0.397 e. The Morgan fingerprint density at radius 1 is 1.40 bits per heavy atom. The minimum absolute atomic E-state index is 0.118. The van der Waals surface area contributed by atoms with Crippen molar-refractivity contribution < 1.29 is 9.90 Å². The van der Waals surface area contributed by atoms with Gasteiger partial charge in [0.15, 0.2) is 0 Å². The number of aliphatic hydroxyl groups is 1. The fourth-order valence-electron chi connectivity index (χ4n) is 1.92. The lowest BCUT2D eigenvalue weighted by Gasteiger charge is -2.24. The van der Waals surface area contributed by atoms with Crippen LogP contribution >= 0.6 is 0 Å². The van der Waals surface area contributed by atoms with E-state index in [9.17, 15) is 4.79 Å². The molecule has 20 heavy (non-hydrogen) atoms. The number of benzene rings is 1. The molecule has 0 aliphatic heterocycles. The number of carbonyl (C=O) groups is 1. The van der Waals surface area contributed by atoms with Crippen molar-refractivity contribution in [3.63, 3.8) is 0 Å². The van der Waals surface area contributed by atoms with Gasteiger partial charge in [-0.2, -0.15) is 0 Å². The highest BCUT2D eigenvalue weighted by atomic mass is 16.3. The summed E-state index contributed by atoms with van der Waals surface area (Å²) in [7, 11) is 3.81. The SMILES string of the molecule is CN(C)c1ccc(C(=O)NCC(C)(C)CCO)cc1N. The van der Waals surface area contributed by atoms with Crippen molar-refractivity contribution in [3.8, 4) is 0 Å². The zero-order valence-electron chi connectivity index (χ0n) is 12.7. The first-order valence-electron chi connectivity index (χ1n) is 6.73. The van der Waals surface area contributed by atoms with E-state index in [0.29, 0.717) is 24.2 Å². The zero-order valence-corrected chi connectivity index (χ0v) is 12.7. The van der Waals surface area contributed by atoms with Crippen molar-refractivity contribution in [1.82, 2.24) is 5.32 Å². The summed E-state index contributed by atoms with van der Waals surface area (Å²) in [6.07, 6.45) is 0.648. The molecule has 0 atom stereocenters. The number of anilines is 2. The van der Waals surface area contributed by atoms with Crippen molar-refractivity contribution in [2.75, 3.05) is 37.9 Å². The molecule has 0 bridgehead atoms. The van der Waals surface area contributed by atoms with Crippen LogP contribution in [0.25, 0.3) is 0 Å². The smallest absolute Gasteiger partial charge is 0.251 e. The molecule has 1 aromatic carbocycles. The van der Waals surface area contributed by atoms with Crippen molar-refractivity contribution in [2.24, 2.45) is 5.41 Å². The van der Waals surface area contributed by atoms with E-state index < -0.39 is 0 Å². The van der Waals surface area contributed by atoms with Crippen LogP contribution in [0.5, 0.6) is 0 Å². The van der Waals surface area contributed by atoms with E-state index in [2.05, 4.69) is 5.32 Å². The molecule has 112 valence electrons. The molecule has 1 amide bonds. The molecule has 0 fully saturated rings. The Morgan fingerprint density at radius 2 is 2.05 bits per heavy atom. The van der Waals surface area contributed by atoms with Gasteiger partial charge in [-0.1, -0.05) is 13.8 Å². The molecule has 0 aromatic heterocycles. The second-order valence-corrected chi connectivity index (χ2v) is 5.99. The summed E-state index contributed by atoms with van der Waals surface area (Å²) >= 11 is 0. The highest BCUT2D eigenvalue weighted by Gasteiger charge is 2.18. The molecule has 0 spiro atoms. The maximum Gasteiger partial charge on any atom is 0.251 e. The minimum atomic E-state index is -0.145. The van der Waals surface area contributed by atoms with E-state index in [1.165, 1.54) is 0 Å². The first kappa shape index (κ1) is 16.3. The number of carbonyl (C=O) groups excluding carboxylic acids is 1. The summed E-state index contributed by atoms with van der Waals surface area (Å²) in [4.78, 5) is 14.0. The van der Waals surface area contributed by atoms with Crippen molar-refractivity contribution >= 4 is 17.3 Å². The van der Waals surface area contributed by atoms with Crippen molar-refractivity contribution in [2.45, 2.75) is 20.3 Å². The third kappa shape index (κ3) is 4.42. The van der Waals surface area contributed by atoms with Gasteiger partial charge in [0.05, 0.1) is 11.4 Å². The Kier molecular flexibility index (Phi) is 5.39. The van der Waals surface area contributed by atoms with Crippen LogP contribution < -0.4 is 16.0 Å². The molecule has 4 N–H and O–H groups in total. The lowest BCUT2D eigenvalue weighted by molar-refractivity contribution is 0.0928. The van der Waals surface area contributed by atoms with Crippen molar-refractivity contribution in [1.29, 1.82) is 0 Å². The maximum atomic E-state index is 12.1. The van der Waals surface area contributed by atoms with Gasteiger partial charge in [-0.05, 0) is 30.0 Å². The number of rotatable bonds is 6. The number of aliphatic hydroxyl groups excluding tert-OH is 1. The van der Waals surface area contributed by atoms with Crippen LogP contribution in [0.1, 0.15) is 30.6 Å². The topological polar surface area (TPSA) is 78.6 Å². The predicted molar refractivity (Wildman–Crippen MR) is 83.0 cm³/mol. The van der Waals surface area contributed by atoms with E-state index in [1.807, 2.05) is 38.9 Å². The molecule has 0 saturated heterocycles. The van der Waals surface area contributed by atoms with Gasteiger partial charge < -0.3 is 21.1 Å². The number of nitrogens with two attached hydrogens (primary N) is 1. The van der Waals surface area contributed by atoms with Crippen LogP contribution in [0.3, 0.4) is 0 Å². The summed E-state index contributed by atoms with van der Waals surface area (Å²) in [5.41, 5.74) is 7.83. The van der Waals surface area contributed by atoms with Gasteiger partial charge in [-0.15, -0.1) is 0 Å². The second-order valence-electron chi connectivity index (χ2n) is 5.99. The van der Waals surface area contributed by atoms with Crippen LogP contribution in [0, 0.1) is 5.41 Å². The lowest BCUT2D eigenvalue weighted by Crippen LogP contribution is -2.34. The van der Waals surface area contributed by atoms with Crippen LogP contribution in [0.15, 0.2) is 18.2 Å². The summed E-state index contributed by atoms with van der Waals surface area (Å²) in [6.45, 7) is 4.65. The molecular weight excluding hydrogens is 254 g/mol. The average molecular weight is 279 g/mol. The van der Waals surface area contributed by atoms with Gasteiger partial charge in [0.1, 0.15) is 0 Å². The Bertz CT molecular complexity index is 470. The molecule has 5 nitrogen and oxygen atoms in total. The number of nitrogen functional groups attached to an aromatic ring is 1. The Balaban J connectivity index is 2.71. The molecule has 1 aromatic rings. The van der Waals surface area contributed by atoms with Crippen LogP contribution in [-0.2, 0) is 0 Å². The quantitative estimate of drug-likeness (QED) is 0.689. The van der Waals surface area contributed by atoms with Gasteiger partial charge in [0.2, 0.25) is 0 Å². The van der Waals surface area contributed by atoms with Gasteiger partial charge in [-0.25, -0.2) is 0 Å². The average Bonchev–Trinajstić information content (AvgIpc) is 2.35. The zero-order chi connectivity index (χ0) is 15.3. The molecular formula is C15H25N3O2. The summed E-state index contributed by atoms with van der Waals surface area (Å²) in [5, 5.41) is 11.8. The summed E-state index contributed by atoms with van der Waals surface area (Å²) < 4.78 is 0. The molecule has 0 heterocycles. The third-order valence-electron chi connectivity index (χ3n) is 3.29. The third-order valence-corrected chi connectivity index (χ3v) is 3.29. The van der Waals surface area contributed by atoms with Gasteiger partial charge in [-0.3, -0.25) is 4.79 Å². The van der Waals surface area contributed by atoms with Crippen molar-refractivity contribution in [3.05, 3.63) is 23.8 Å². The number of nitrogens with zero attached hydrogens (tertiary/aromatic N) is 1. The molecule has 0 aliphatic carbocycles. The first-order chi connectivity index (χ1) is 9.26. The minimum Gasteiger partial charge on any atom is -0.397 e. The highest BCUT2D eigenvalue weighted by Crippen LogP contribution is 2.23. The van der Waals surface area contributed by atoms with Crippen LogP contribution in [0.2, 0.25) is 0 Å². The molecule has 0 radical (unpaired) electrons. The summed E-state index contributed by atoms with van der Waals surface area (Å²) in [6, 6.07) is 5.28. The van der Waals surface area contributed by atoms with Gasteiger partial charge >= 0.3 is 0 Å². The standard InChI is InChI=1S/C15H25N3O2/c1-15(2,7-8-19)10-17-14(20)11-5-6-13(18(3)4)12(16)9-11/h5-6,9,19H,7-8,10,16H2,1-4H3,(H,17,20). The number of nitrogens with one attached hydrogen (secondary N) is 1. The van der Waals surface area contributed by atoms with E-state index in [0.717, 1.165) is 5.69 Å². The number of hydrogen-bond donors (Lipinski definition) is 3. The van der Waals surface area contributed by atoms with Crippen LogP contribution in [0.4, 0.5) is 11.4 Å². The molecule has 1 rings (SSSR count). The highest BCUT2D eigenvalue weighted by molar-refractivity contribution is 5.96. The molecule has 0 aliphatic rings. The monoisotopic (exact) mass is 279 g/mol. The predicted octanol–water partition coefficient (Wildman–Crippen LogP) is 1.47. The van der Waals surface area contributed by atoms with E-state index in [4.69, 9.17) is 10.8 Å². The molecule has 5 heteroatoms. The first-order valence-corrected chi connectivity index (χ1v) is 6.73. The second kappa shape index (κ2) is 6.61. The maximum absolute atomic E-state index is 12.1. The van der Waals surface area contributed by atoms with Crippen LogP contribution in [-0.4, -0.2) is 38.3 Å². The Morgan fingerprint density at radius 3 is 2.55 bits per heavy atom. The van der Waals surface area contributed by atoms with Gasteiger partial charge in [0, 0.05) is 32.8 Å². The van der Waals surface area contributed by atoms with E-state index in [-0.39, 0.29) is 17.9 Å². The van der Waals surface area contributed by atoms with E-state index in [1.54, 1.807) is 12.1 Å². The number of hydrogen-bond acceptors (Lipinski definition) is 4. The fourth-order valence-corrected chi connectivity index (χ4v) is 1.92. The number of amides is 1. The summed E-state index contributed by atoms with van der Waals surface area (Å²) in [5.74, 6) is -0.145. The van der Waals surface area contributed by atoms with Gasteiger partial charge in [0.25, 0.3) is 5.91 Å². The molecule has 0 unspecified atom stereocenters. The lowest BCUT2D eigenvalue weighted by atomic mass is 9.89. The van der Waals surface area contributed by atoms with E-state index >= 15 is 0 Å². The Hall–Kier alpha value is -1.75. The Labute approximate surface area is 120 Å². The normalized spacial score (nSPS) is 11.2. The fraction of sp³-hybridized carbons (Fsp3) is 0.533. The molecule has 0 saturated carbocycles.